The van der Waals surface area contributed by atoms with Crippen molar-refractivity contribution < 1.29 is 4.79 Å². The summed E-state index contributed by atoms with van der Waals surface area (Å²) in [6.07, 6.45) is 3.14. The number of fused-ring (bicyclic) bond motifs is 1. The summed E-state index contributed by atoms with van der Waals surface area (Å²) in [6, 6.07) is 14.3. The van der Waals surface area contributed by atoms with E-state index in [1.807, 2.05) is 24.3 Å². The minimum absolute atomic E-state index is 0.0972. The fourth-order valence-electron chi connectivity index (χ4n) is 2.84. The van der Waals surface area contributed by atoms with Gasteiger partial charge in [-0.25, -0.2) is 0 Å². The van der Waals surface area contributed by atoms with Crippen LogP contribution in [0.4, 0.5) is 0 Å². The number of carbonyl (C=O) groups excluding carboxylic acids is 1. The maximum atomic E-state index is 11.3. The first-order valence-corrected chi connectivity index (χ1v) is 7.96. The molecule has 1 N–H and O–H groups in total. The third kappa shape index (κ3) is 3.11. The number of hydrogen-bond acceptors (Lipinski definition) is 2. The molecule has 0 aliphatic heterocycles. The van der Waals surface area contributed by atoms with Crippen molar-refractivity contribution in [2.45, 2.75) is 26.8 Å². The zero-order valence-electron chi connectivity index (χ0n) is 13.6. The Labute approximate surface area is 137 Å². The lowest BCUT2D eigenvalue weighted by Gasteiger charge is -2.10. The summed E-state index contributed by atoms with van der Waals surface area (Å²) < 4.78 is 0. The Hall–Kier alpha value is -2.61. The lowest BCUT2D eigenvalue weighted by molar-refractivity contribution is 0.101. The first-order valence-electron chi connectivity index (χ1n) is 7.96. The standard InChI is InChI=1S/C21H21NO/c1-4-16-7-10-19-20(12-16)14(2)11-21(19)22-13-17-5-8-18(9-6-17)15(3)23/h5-12,22H,2,4,13H2,1,3H3. The summed E-state index contributed by atoms with van der Waals surface area (Å²) in [5.74, 6) is 0.0972. The highest BCUT2D eigenvalue weighted by molar-refractivity contribution is 5.94. The van der Waals surface area contributed by atoms with E-state index in [-0.39, 0.29) is 5.78 Å². The maximum Gasteiger partial charge on any atom is 0.159 e. The predicted octanol–water partition coefficient (Wildman–Crippen LogP) is 4.61. The van der Waals surface area contributed by atoms with Gasteiger partial charge in [0.2, 0.25) is 0 Å². The van der Waals surface area contributed by atoms with Crippen LogP contribution in [0.1, 0.15) is 46.5 Å². The molecular formula is C21H21NO. The Morgan fingerprint density at radius 2 is 1.74 bits per heavy atom. The molecule has 1 aliphatic carbocycles. The van der Waals surface area contributed by atoms with Crippen LogP contribution in [0.2, 0.25) is 0 Å². The van der Waals surface area contributed by atoms with Crippen molar-refractivity contribution in [1.29, 1.82) is 0 Å². The van der Waals surface area contributed by atoms with Crippen LogP contribution in [0.15, 0.2) is 55.1 Å². The normalized spacial score (nSPS) is 12.8. The van der Waals surface area contributed by atoms with Crippen LogP contribution in [0.3, 0.4) is 0 Å². The van der Waals surface area contributed by atoms with Gasteiger partial charge in [0.1, 0.15) is 0 Å². The fraction of sp³-hybridized carbons (Fsp3) is 0.190. The number of Topliss-reactive ketones (excluding diaryl/α,β-unsaturated/α-hetero) is 1. The number of rotatable bonds is 5. The molecule has 0 bridgehead atoms. The molecule has 0 atom stereocenters. The van der Waals surface area contributed by atoms with Crippen LogP contribution < -0.4 is 5.32 Å². The van der Waals surface area contributed by atoms with Crippen molar-refractivity contribution in [2.75, 3.05) is 0 Å². The summed E-state index contributed by atoms with van der Waals surface area (Å²) in [7, 11) is 0. The average molecular weight is 303 g/mol. The van der Waals surface area contributed by atoms with Gasteiger partial charge in [-0.1, -0.05) is 56.0 Å². The number of nitrogens with one attached hydrogen (secondary N) is 1. The van der Waals surface area contributed by atoms with Crippen molar-refractivity contribution >= 4 is 17.1 Å². The first kappa shape index (κ1) is 15.3. The van der Waals surface area contributed by atoms with Crippen molar-refractivity contribution in [1.82, 2.24) is 5.32 Å². The van der Waals surface area contributed by atoms with Gasteiger partial charge in [-0.3, -0.25) is 4.79 Å². The van der Waals surface area contributed by atoms with Gasteiger partial charge < -0.3 is 5.32 Å². The molecule has 0 saturated heterocycles. The van der Waals surface area contributed by atoms with E-state index in [2.05, 4.69) is 43.1 Å². The number of benzene rings is 2. The van der Waals surface area contributed by atoms with E-state index in [9.17, 15) is 4.79 Å². The van der Waals surface area contributed by atoms with E-state index in [0.29, 0.717) is 0 Å². The molecule has 0 unspecified atom stereocenters. The summed E-state index contributed by atoms with van der Waals surface area (Å²) >= 11 is 0. The van der Waals surface area contributed by atoms with Gasteiger partial charge in [0.25, 0.3) is 0 Å². The Balaban J connectivity index is 1.74. The number of allylic oxidation sites excluding steroid dienone is 2. The van der Waals surface area contributed by atoms with Gasteiger partial charge in [-0.15, -0.1) is 0 Å². The fourth-order valence-corrected chi connectivity index (χ4v) is 2.84. The topological polar surface area (TPSA) is 29.1 Å². The second-order valence-corrected chi connectivity index (χ2v) is 5.92. The molecule has 116 valence electrons. The lowest BCUT2D eigenvalue weighted by Crippen LogP contribution is -2.11. The van der Waals surface area contributed by atoms with Crippen LogP contribution in [-0.2, 0) is 13.0 Å². The molecule has 0 fully saturated rings. The maximum absolute atomic E-state index is 11.3. The Morgan fingerprint density at radius 3 is 2.39 bits per heavy atom. The van der Waals surface area contributed by atoms with E-state index in [1.165, 1.54) is 16.7 Å². The van der Waals surface area contributed by atoms with Crippen molar-refractivity contribution in [3.05, 3.63) is 82.9 Å². The molecule has 23 heavy (non-hydrogen) atoms. The van der Waals surface area contributed by atoms with Gasteiger partial charge in [0.05, 0.1) is 0 Å². The quantitative estimate of drug-likeness (QED) is 0.817. The van der Waals surface area contributed by atoms with Crippen LogP contribution >= 0.6 is 0 Å². The largest absolute Gasteiger partial charge is 0.380 e. The smallest absolute Gasteiger partial charge is 0.159 e. The highest BCUT2D eigenvalue weighted by Gasteiger charge is 2.17. The van der Waals surface area contributed by atoms with Crippen molar-refractivity contribution in [2.24, 2.45) is 0 Å². The number of hydrogen-bond donors (Lipinski definition) is 1. The van der Waals surface area contributed by atoms with E-state index in [4.69, 9.17) is 0 Å². The SMILES string of the molecule is C=C1C=C(NCc2ccc(C(C)=O)cc2)c2ccc(CC)cc21. The molecule has 2 heteroatoms. The Kier molecular flexibility index (Phi) is 4.16. The molecule has 1 aliphatic rings. The van der Waals surface area contributed by atoms with Gasteiger partial charge in [0.15, 0.2) is 5.78 Å². The molecule has 2 aromatic rings. The number of carbonyl (C=O) groups is 1. The molecule has 0 aromatic heterocycles. The molecule has 2 aromatic carbocycles. The van der Waals surface area contributed by atoms with Crippen LogP contribution in [0, 0.1) is 0 Å². The minimum atomic E-state index is 0.0972. The number of ketones is 1. The highest BCUT2D eigenvalue weighted by atomic mass is 16.1. The molecule has 2 nitrogen and oxygen atoms in total. The van der Waals surface area contributed by atoms with Crippen molar-refractivity contribution in [3.8, 4) is 0 Å². The summed E-state index contributed by atoms with van der Waals surface area (Å²) in [6.45, 7) is 8.63. The summed E-state index contributed by atoms with van der Waals surface area (Å²) in [5.41, 5.74) is 7.85. The molecule has 0 saturated carbocycles. The third-order valence-electron chi connectivity index (χ3n) is 4.29. The third-order valence-corrected chi connectivity index (χ3v) is 4.29. The second-order valence-electron chi connectivity index (χ2n) is 5.92. The highest BCUT2D eigenvalue weighted by Crippen LogP contribution is 2.33. The van der Waals surface area contributed by atoms with Gasteiger partial charge >= 0.3 is 0 Å². The summed E-state index contributed by atoms with van der Waals surface area (Å²) in [5, 5.41) is 3.49. The molecular weight excluding hydrogens is 282 g/mol. The first-order chi connectivity index (χ1) is 11.1. The summed E-state index contributed by atoms with van der Waals surface area (Å²) in [4.78, 5) is 11.3. The lowest BCUT2D eigenvalue weighted by atomic mass is 10.0. The molecule has 0 radical (unpaired) electrons. The predicted molar refractivity (Wildman–Crippen MR) is 96.1 cm³/mol. The van der Waals surface area contributed by atoms with Crippen molar-refractivity contribution in [3.63, 3.8) is 0 Å². The van der Waals surface area contributed by atoms with Gasteiger partial charge in [0, 0.05) is 23.4 Å². The van der Waals surface area contributed by atoms with Gasteiger partial charge in [-0.2, -0.15) is 0 Å². The van der Waals surface area contributed by atoms with Crippen LogP contribution in [0.25, 0.3) is 11.3 Å². The zero-order valence-corrected chi connectivity index (χ0v) is 13.6. The molecule has 3 rings (SSSR count). The number of aryl methyl sites for hydroxylation is 1. The average Bonchev–Trinajstić information content (AvgIpc) is 2.89. The van der Waals surface area contributed by atoms with Crippen LogP contribution in [-0.4, -0.2) is 5.78 Å². The second kappa shape index (κ2) is 6.25. The molecule has 0 amide bonds. The van der Waals surface area contributed by atoms with E-state index in [1.54, 1.807) is 6.92 Å². The van der Waals surface area contributed by atoms with Crippen LogP contribution in [0.5, 0.6) is 0 Å². The van der Waals surface area contributed by atoms with E-state index >= 15 is 0 Å². The minimum Gasteiger partial charge on any atom is -0.380 e. The van der Waals surface area contributed by atoms with E-state index in [0.717, 1.165) is 35.4 Å². The van der Waals surface area contributed by atoms with Gasteiger partial charge in [-0.05, 0) is 41.7 Å². The van der Waals surface area contributed by atoms with E-state index < -0.39 is 0 Å². The molecule has 0 heterocycles. The monoisotopic (exact) mass is 303 g/mol. The molecule has 0 spiro atoms. The Bertz CT molecular complexity index is 797. The Morgan fingerprint density at radius 1 is 1.04 bits per heavy atom. The zero-order chi connectivity index (χ0) is 16.4.